The first-order valence-electron chi connectivity index (χ1n) is 5.65. The number of carbonyl (C=O) groups excluding carboxylic acids is 1. The summed E-state index contributed by atoms with van der Waals surface area (Å²) >= 11 is 7.23. The SMILES string of the molecule is CSc1nnc(C)n1NC(=O)c1ccc([N+](=O)[O-])cc1Cl. The normalized spacial score (nSPS) is 10.4. The molecular weight excluding hydrogens is 318 g/mol. The van der Waals surface area contributed by atoms with Crippen molar-refractivity contribution < 1.29 is 9.72 Å². The van der Waals surface area contributed by atoms with E-state index in [0.29, 0.717) is 11.0 Å². The zero-order valence-electron chi connectivity index (χ0n) is 11.0. The van der Waals surface area contributed by atoms with Crippen molar-refractivity contribution in [2.75, 3.05) is 11.7 Å². The Kier molecular flexibility index (Phi) is 4.43. The number of nitrogens with one attached hydrogen (secondary N) is 1. The van der Waals surface area contributed by atoms with E-state index in [-0.39, 0.29) is 16.3 Å². The van der Waals surface area contributed by atoms with Crippen LogP contribution in [0.25, 0.3) is 0 Å². The van der Waals surface area contributed by atoms with Crippen LogP contribution in [0.3, 0.4) is 0 Å². The Labute approximate surface area is 128 Å². The first-order chi connectivity index (χ1) is 9.93. The van der Waals surface area contributed by atoms with Gasteiger partial charge in [0.2, 0.25) is 5.16 Å². The van der Waals surface area contributed by atoms with E-state index in [1.54, 1.807) is 13.2 Å². The number of aromatic nitrogens is 3. The van der Waals surface area contributed by atoms with E-state index in [4.69, 9.17) is 11.6 Å². The Hall–Kier alpha value is -2.13. The molecule has 1 N–H and O–H groups in total. The van der Waals surface area contributed by atoms with Crippen LogP contribution in [0.4, 0.5) is 5.69 Å². The maximum atomic E-state index is 12.2. The van der Waals surface area contributed by atoms with Gasteiger partial charge in [-0.3, -0.25) is 20.3 Å². The summed E-state index contributed by atoms with van der Waals surface area (Å²) in [5.41, 5.74) is 2.54. The van der Waals surface area contributed by atoms with Gasteiger partial charge in [-0.1, -0.05) is 23.4 Å². The molecule has 2 rings (SSSR count). The predicted molar refractivity (Wildman–Crippen MR) is 78.3 cm³/mol. The highest BCUT2D eigenvalue weighted by Crippen LogP contribution is 2.23. The predicted octanol–water partition coefficient (Wildman–Crippen LogP) is 2.25. The van der Waals surface area contributed by atoms with Gasteiger partial charge < -0.3 is 0 Å². The zero-order chi connectivity index (χ0) is 15.6. The van der Waals surface area contributed by atoms with Gasteiger partial charge in [-0.05, 0) is 19.2 Å². The number of nitrogens with zero attached hydrogens (tertiary/aromatic N) is 4. The second-order valence-corrected chi connectivity index (χ2v) is 5.11. The number of rotatable bonds is 4. The van der Waals surface area contributed by atoms with Crippen LogP contribution in [0.2, 0.25) is 5.02 Å². The van der Waals surface area contributed by atoms with Gasteiger partial charge in [-0.15, -0.1) is 10.2 Å². The zero-order valence-corrected chi connectivity index (χ0v) is 12.6. The molecule has 0 bridgehead atoms. The average Bonchev–Trinajstić information content (AvgIpc) is 2.79. The molecule has 0 radical (unpaired) electrons. The Morgan fingerprint density at radius 3 is 2.76 bits per heavy atom. The molecule has 0 unspecified atom stereocenters. The molecule has 0 atom stereocenters. The summed E-state index contributed by atoms with van der Waals surface area (Å²) in [7, 11) is 0. The monoisotopic (exact) mass is 327 g/mol. The number of non-ortho nitro benzene ring substituents is 1. The molecule has 21 heavy (non-hydrogen) atoms. The second-order valence-electron chi connectivity index (χ2n) is 3.93. The van der Waals surface area contributed by atoms with Crippen LogP contribution in [-0.2, 0) is 0 Å². The molecular formula is C11H10ClN5O3S. The van der Waals surface area contributed by atoms with E-state index < -0.39 is 10.8 Å². The van der Waals surface area contributed by atoms with Crippen molar-refractivity contribution in [3.05, 3.63) is 44.7 Å². The molecule has 110 valence electrons. The number of nitro groups is 1. The molecule has 0 fully saturated rings. The molecule has 0 aliphatic carbocycles. The van der Waals surface area contributed by atoms with E-state index in [1.807, 2.05) is 0 Å². The standard InChI is InChI=1S/C11H10ClN5O3S/c1-6-13-14-11(21-2)16(6)15-10(18)8-4-3-7(17(19)20)5-9(8)12/h3-5H,1-2H3,(H,15,18). The first kappa shape index (κ1) is 15.3. The molecule has 0 saturated carbocycles. The van der Waals surface area contributed by atoms with Crippen molar-refractivity contribution >= 4 is 35.0 Å². The molecule has 0 saturated heterocycles. The number of hydrogen-bond donors (Lipinski definition) is 1. The van der Waals surface area contributed by atoms with Crippen molar-refractivity contribution in [1.82, 2.24) is 14.9 Å². The Balaban J connectivity index is 2.28. The smallest absolute Gasteiger partial charge is 0.267 e. The van der Waals surface area contributed by atoms with Crippen molar-refractivity contribution in [3.8, 4) is 0 Å². The van der Waals surface area contributed by atoms with Crippen molar-refractivity contribution in [1.29, 1.82) is 0 Å². The molecule has 8 nitrogen and oxygen atoms in total. The van der Waals surface area contributed by atoms with Gasteiger partial charge in [0.25, 0.3) is 11.6 Å². The number of nitro benzene ring substituents is 1. The first-order valence-corrected chi connectivity index (χ1v) is 7.25. The minimum atomic E-state index is -0.580. The number of hydrogen-bond acceptors (Lipinski definition) is 6. The van der Waals surface area contributed by atoms with Gasteiger partial charge in [0, 0.05) is 12.1 Å². The molecule has 1 aromatic heterocycles. The number of thioether (sulfide) groups is 1. The third-order valence-electron chi connectivity index (χ3n) is 2.60. The van der Waals surface area contributed by atoms with Crippen LogP contribution < -0.4 is 5.43 Å². The fourth-order valence-electron chi connectivity index (χ4n) is 1.57. The minimum absolute atomic E-state index is 0.00173. The average molecular weight is 328 g/mol. The number of amides is 1. The Morgan fingerprint density at radius 2 is 2.19 bits per heavy atom. The largest absolute Gasteiger partial charge is 0.271 e. The highest BCUT2D eigenvalue weighted by atomic mass is 35.5. The molecule has 10 heteroatoms. The maximum absolute atomic E-state index is 12.2. The summed E-state index contributed by atoms with van der Waals surface area (Å²) in [5.74, 6) is -0.00108. The van der Waals surface area contributed by atoms with Crippen LogP contribution in [0, 0.1) is 17.0 Å². The van der Waals surface area contributed by atoms with Gasteiger partial charge in [0.15, 0.2) is 0 Å². The summed E-state index contributed by atoms with van der Waals surface area (Å²) in [6.45, 7) is 1.68. The van der Waals surface area contributed by atoms with Gasteiger partial charge in [-0.2, -0.15) is 0 Å². The topological polar surface area (TPSA) is 103 Å². The van der Waals surface area contributed by atoms with E-state index in [2.05, 4.69) is 15.6 Å². The number of benzene rings is 1. The molecule has 1 heterocycles. The van der Waals surface area contributed by atoms with Crippen LogP contribution in [0.1, 0.15) is 16.2 Å². The fourth-order valence-corrected chi connectivity index (χ4v) is 2.31. The number of halogens is 1. The lowest BCUT2D eigenvalue weighted by atomic mass is 10.2. The lowest BCUT2D eigenvalue weighted by Crippen LogP contribution is -2.25. The Morgan fingerprint density at radius 1 is 1.48 bits per heavy atom. The van der Waals surface area contributed by atoms with Crippen LogP contribution in [0.15, 0.2) is 23.4 Å². The van der Waals surface area contributed by atoms with Gasteiger partial charge >= 0.3 is 0 Å². The van der Waals surface area contributed by atoms with E-state index in [9.17, 15) is 14.9 Å². The number of aryl methyl sites for hydroxylation is 1. The molecule has 0 spiro atoms. The minimum Gasteiger partial charge on any atom is -0.267 e. The summed E-state index contributed by atoms with van der Waals surface area (Å²) in [6, 6.07) is 3.65. The quantitative estimate of drug-likeness (QED) is 0.525. The lowest BCUT2D eigenvalue weighted by molar-refractivity contribution is -0.384. The fraction of sp³-hybridized carbons (Fsp3) is 0.182. The summed E-state index contributed by atoms with van der Waals surface area (Å²) < 4.78 is 1.42. The van der Waals surface area contributed by atoms with Crippen molar-refractivity contribution in [3.63, 3.8) is 0 Å². The van der Waals surface area contributed by atoms with Crippen LogP contribution in [0.5, 0.6) is 0 Å². The third-order valence-corrected chi connectivity index (χ3v) is 3.54. The molecule has 0 aliphatic heterocycles. The molecule has 1 aromatic carbocycles. The Bertz CT molecular complexity index is 718. The van der Waals surface area contributed by atoms with Gasteiger partial charge in [-0.25, -0.2) is 4.68 Å². The van der Waals surface area contributed by atoms with Crippen molar-refractivity contribution in [2.45, 2.75) is 12.1 Å². The lowest BCUT2D eigenvalue weighted by Gasteiger charge is -2.10. The number of carbonyl (C=O) groups is 1. The summed E-state index contributed by atoms with van der Waals surface area (Å²) in [5, 5.41) is 18.9. The van der Waals surface area contributed by atoms with E-state index in [0.717, 1.165) is 6.07 Å². The van der Waals surface area contributed by atoms with E-state index >= 15 is 0 Å². The second kappa shape index (κ2) is 6.10. The molecule has 1 amide bonds. The van der Waals surface area contributed by atoms with Crippen LogP contribution in [-0.4, -0.2) is 32.0 Å². The van der Waals surface area contributed by atoms with E-state index in [1.165, 1.54) is 28.6 Å². The maximum Gasteiger partial charge on any atom is 0.271 e. The summed E-state index contributed by atoms with van der Waals surface area (Å²) in [4.78, 5) is 22.2. The third kappa shape index (κ3) is 3.14. The van der Waals surface area contributed by atoms with Gasteiger partial charge in [0.05, 0.1) is 15.5 Å². The molecule has 2 aromatic rings. The summed E-state index contributed by atoms with van der Waals surface area (Å²) in [6.07, 6.45) is 1.80. The van der Waals surface area contributed by atoms with Crippen molar-refractivity contribution in [2.24, 2.45) is 0 Å². The molecule has 0 aliphatic rings. The van der Waals surface area contributed by atoms with Crippen LogP contribution >= 0.6 is 23.4 Å². The highest BCUT2D eigenvalue weighted by Gasteiger charge is 2.17. The van der Waals surface area contributed by atoms with Gasteiger partial charge in [0.1, 0.15) is 5.82 Å². The highest BCUT2D eigenvalue weighted by molar-refractivity contribution is 7.98.